The summed E-state index contributed by atoms with van der Waals surface area (Å²) in [7, 11) is 0. The Bertz CT molecular complexity index is 443. The van der Waals surface area contributed by atoms with Gasteiger partial charge in [-0.3, -0.25) is 4.90 Å². The highest BCUT2D eigenvalue weighted by Crippen LogP contribution is 2.23. The fraction of sp³-hybridized carbons (Fsp3) is 0.667. The first-order chi connectivity index (χ1) is 9.06. The molecule has 106 valence electrons. The molecule has 1 aliphatic rings. The summed E-state index contributed by atoms with van der Waals surface area (Å²) in [5, 5.41) is 12.9. The number of ether oxygens (including phenoxy) is 1. The van der Waals surface area contributed by atoms with Crippen LogP contribution in [-0.4, -0.2) is 59.8 Å². The number of aryl methyl sites for hydroxylation is 1. The van der Waals surface area contributed by atoms with Crippen molar-refractivity contribution < 1.29 is 14.6 Å². The van der Waals surface area contributed by atoms with Crippen LogP contribution in [0.2, 0.25) is 0 Å². The normalized spacial score (nSPS) is 18.2. The Morgan fingerprint density at radius 2 is 2.26 bits per heavy atom. The topological polar surface area (TPSA) is 74.7 Å². The minimum atomic E-state index is -0.913. The molecule has 0 bridgehead atoms. The molecule has 0 aromatic carbocycles. The van der Waals surface area contributed by atoms with Gasteiger partial charge >= 0.3 is 5.97 Å². The van der Waals surface area contributed by atoms with Gasteiger partial charge in [-0.1, -0.05) is 11.3 Å². The van der Waals surface area contributed by atoms with E-state index in [4.69, 9.17) is 9.84 Å². The van der Waals surface area contributed by atoms with E-state index < -0.39 is 5.97 Å². The summed E-state index contributed by atoms with van der Waals surface area (Å²) in [6.07, 6.45) is 0. The largest absolute Gasteiger partial charge is 0.477 e. The summed E-state index contributed by atoms with van der Waals surface area (Å²) >= 11 is 1.19. The van der Waals surface area contributed by atoms with Gasteiger partial charge in [-0.2, -0.15) is 0 Å². The second-order valence-electron chi connectivity index (χ2n) is 4.70. The molecule has 1 aromatic heterocycles. The zero-order valence-electron chi connectivity index (χ0n) is 11.2. The highest BCUT2D eigenvalue weighted by Gasteiger charge is 2.17. The Kier molecular flexibility index (Phi) is 4.73. The van der Waals surface area contributed by atoms with Gasteiger partial charge in [0, 0.05) is 25.7 Å². The van der Waals surface area contributed by atoms with Crippen LogP contribution in [0.15, 0.2) is 0 Å². The third kappa shape index (κ3) is 3.89. The summed E-state index contributed by atoms with van der Waals surface area (Å²) in [5.74, 6) is -0.913. The van der Waals surface area contributed by atoms with Gasteiger partial charge in [0.1, 0.15) is 4.88 Å². The van der Waals surface area contributed by atoms with Crippen LogP contribution in [0.1, 0.15) is 22.3 Å². The molecular weight excluding hydrogens is 266 g/mol. The number of anilines is 1. The Hall–Kier alpha value is -1.18. The number of morpholine rings is 1. The number of hydrogen-bond donors (Lipinski definition) is 2. The van der Waals surface area contributed by atoms with E-state index in [0.29, 0.717) is 15.7 Å². The van der Waals surface area contributed by atoms with Crippen LogP contribution in [-0.2, 0) is 4.74 Å². The third-order valence-electron chi connectivity index (χ3n) is 3.00. The molecule has 2 rings (SSSR count). The van der Waals surface area contributed by atoms with Crippen molar-refractivity contribution >= 4 is 22.4 Å². The Morgan fingerprint density at radius 1 is 1.58 bits per heavy atom. The second-order valence-corrected chi connectivity index (χ2v) is 5.70. The molecule has 0 spiro atoms. The first-order valence-electron chi connectivity index (χ1n) is 6.33. The molecule has 1 unspecified atom stereocenters. The minimum Gasteiger partial charge on any atom is -0.477 e. The van der Waals surface area contributed by atoms with E-state index in [2.05, 4.69) is 22.1 Å². The molecule has 0 amide bonds. The Morgan fingerprint density at radius 3 is 2.84 bits per heavy atom. The second kappa shape index (κ2) is 6.31. The molecule has 1 atom stereocenters. The third-order valence-corrected chi connectivity index (χ3v) is 4.07. The van der Waals surface area contributed by atoms with Crippen molar-refractivity contribution in [3.05, 3.63) is 10.6 Å². The van der Waals surface area contributed by atoms with E-state index in [0.717, 1.165) is 32.8 Å². The van der Waals surface area contributed by atoms with Crippen molar-refractivity contribution in [3.63, 3.8) is 0 Å². The van der Waals surface area contributed by atoms with E-state index in [-0.39, 0.29) is 6.04 Å². The number of carbonyl (C=O) groups is 1. The van der Waals surface area contributed by atoms with E-state index in [1.54, 1.807) is 6.92 Å². The first-order valence-corrected chi connectivity index (χ1v) is 7.15. The van der Waals surface area contributed by atoms with Crippen LogP contribution < -0.4 is 5.32 Å². The smallest absolute Gasteiger partial charge is 0.347 e. The lowest BCUT2D eigenvalue weighted by molar-refractivity contribution is 0.0368. The van der Waals surface area contributed by atoms with Crippen molar-refractivity contribution in [1.29, 1.82) is 0 Å². The van der Waals surface area contributed by atoms with E-state index >= 15 is 0 Å². The van der Waals surface area contributed by atoms with Crippen LogP contribution >= 0.6 is 11.3 Å². The van der Waals surface area contributed by atoms with Gasteiger partial charge in [0.05, 0.1) is 18.9 Å². The van der Waals surface area contributed by atoms with E-state index in [9.17, 15) is 4.79 Å². The molecule has 0 radical (unpaired) electrons. The maximum absolute atomic E-state index is 11.0. The van der Waals surface area contributed by atoms with Gasteiger partial charge in [0.2, 0.25) is 0 Å². The molecule has 1 fully saturated rings. The molecule has 7 heteroatoms. The fourth-order valence-electron chi connectivity index (χ4n) is 2.08. The number of nitrogens with zero attached hydrogens (tertiary/aromatic N) is 2. The molecule has 6 nitrogen and oxygen atoms in total. The van der Waals surface area contributed by atoms with Crippen LogP contribution in [0.5, 0.6) is 0 Å². The summed E-state index contributed by atoms with van der Waals surface area (Å²) < 4.78 is 5.31. The van der Waals surface area contributed by atoms with Gasteiger partial charge in [-0.05, 0) is 13.8 Å². The van der Waals surface area contributed by atoms with Crippen molar-refractivity contribution in [2.24, 2.45) is 0 Å². The Labute approximate surface area is 116 Å². The molecular formula is C12H19N3O3S. The molecule has 0 aliphatic carbocycles. The number of carboxylic acid groups (broad SMARTS) is 1. The van der Waals surface area contributed by atoms with E-state index in [1.165, 1.54) is 11.3 Å². The lowest BCUT2D eigenvalue weighted by atomic mass is 10.3. The minimum absolute atomic E-state index is 0.227. The van der Waals surface area contributed by atoms with Crippen molar-refractivity contribution in [3.8, 4) is 0 Å². The van der Waals surface area contributed by atoms with Crippen LogP contribution in [0.25, 0.3) is 0 Å². The molecule has 1 aromatic rings. The van der Waals surface area contributed by atoms with Gasteiger partial charge in [-0.25, -0.2) is 9.78 Å². The predicted octanol–water partition coefficient (Wildman–Crippen LogP) is 1.28. The molecule has 19 heavy (non-hydrogen) atoms. The predicted molar refractivity (Wildman–Crippen MR) is 74.2 cm³/mol. The fourth-order valence-corrected chi connectivity index (χ4v) is 3.00. The van der Waals surface area contributed by atoms with Crippen LogP contribution in [0.3, 0.4) is 0 Å². The number of hydrogen-bond acceptors (Lipinski definition) is 6. The van der Waals surface area contributed by atoms with Crippen LogP contribution in [0.4, 0.5) is 5.13 Å². The lowest BCUT2D eigenvalue weighted by Gasteiger charge is -2.29. The highest BCUT2D eigenvalue weighted by molar-refractivity contribution is 7.17. The summed E-state index contributed by atoms with van der Waals surface area (Å²) in [6, 6.07) is 0.227. The number of rotatable bonds is 5. The number of thiazole rings is 1. The van der Waals surface area contributed by atoms with E-state index in [1.807, 2.05) is 0 Å². The first kappa shape index (κ1) is 14.2. The number of carboxylic acids is 1. The molecule has 2 N–H and O–H groups in total. The number of nitrogens with one attached hydrogen (secondary N) is 1. The standard InChI is InChI=1S/C12H19N3O3S/c1-8(7-15-3-5-18-6-4-15)13-12-14-9(2)10(19-12)11(16)17/h8H,3-7H2,1-2H3,(H,13,14)(H,16,17). The number of aromatic nitrogens is 1. The average Bonchev–Trinajstić information content (AvgIpc) is 2.71. The zero-order valence-corrected chi connectivity index (χ0v) is 12.0. The van der Waals surface area contributed by atoms with Gasteiger partial charge in [-0.15, -0.1) is 0 Å². The number of aromatic carboxylic acids is 1. The van der Waals surface area contributed by atoms with Gasteiger partial charge in [0.25, 0.3) is 0 Å². The Balaban J connectivity index is 1.89. The zero-order chi connectivity index (χ0) is 13.8. The van der Waals surface area contributed by atoms with Crippen LogP contribution in [0, 0.1) is 6.92 Å². The molecule has 0 saturated carbocycles. The monoisotopic (exact) mass is 285 g/mol. The maximum atomic E-state index is 11.0. The quantitative estimate of drug-likeness (QED) is 0.849. The molecule has 1 saturated heterocycles. The summed E-state index contributed by atoms with van der Waals surface area (Å²) in [6.45, 7) is 8.17. The van der Waals surface area contributed by atoms with Crippen molar-refractivity contribution in [2.75, 3.05) is 38.2 Å². The van der Waals surface area contributed by atoms with Gasteiger partial charge in [0.15, 0.2) is 5.13 Å². The summed E-state index contributed by atoms with van der Waals surface area (Å²) in [5.41, 5.74) is 0.568. The molecule has 1 aliphatic heterocycles. The van der Waals surface area contributed by atoms with Crippen molar-refractivity contribution in [2.45, 2.75) is 19.9 Å². The van der Waals surface area contributed by atoms with Crippen molar-refractivity contribution in [1.82, 2.24) is 9.88 Å². The molecule has 2 heterocycles. The van der Waals surface area contributed by atoms with Gasteiger partial charge < -0.3 is 15.2 Å². The maximum Gasteiger partial charge on any atom is 0.347 e. The summed E-state index contributed by atoms with van der Waals surface area (Å²) in [4.78, 5) is 17.8. The SMILES string of the molecule is Cc1nc(NC(C)CN2CCOCC2)sc1C(=O)O. The highest BCUT2D eigenvalue weighted by atomic mass is 32.1. The lowest BCUT2D eigenvalue weighted by Crippen LogP contribution is -2.42. The average molecular weight is 285 g/mol.